The first-order valence-corrected chi connectivity index (χ1v) is 13.6. The SMILES string of the molecule is C=CC[C@@H]1O[C@H](/C(C=C)=C/C)[C@@H](c2ccc(Cl)cc2)N([C@@H](CC)CN(C)S(=O)(=O)C2CC2)C1=O. The molecule has 6 nitrogen and oxygen atoms in total. The van der Waals surface area contributed by atoms with E-state index in [2.05, 4.69) is 13.2 Å². The van der Waals surface area contributed by atoms with Crippen molar-refractivity contribution in [1.29, 1.82) is 0 Å². The van der Waals surface area contributed by atoms with Crippen molar-refractivity contribution in [2.75, 3.05) is 13.6 Å². The Balaban J connectivity index is 2.09. The number of hydrogen-bond donors (Lipinski definition) is 0. The summed E-state index contributed by atoms with van der Waals surface area (Å²) in [5.74, 6) is -0.167. The Morgan fingerprint density at radius 2 is 1.94 bits per heavy atom. The monoisotopic (exact) mass is 506 g/mol. The molecule has 1 aliphatic heterocycles. The molecule has 1 aromatic carbocycles. The van der Waals surface area contributed by atoms with Gasteiger partial charge >= 0.3 is 0 Å². The molecule has 3 rings (SSSR count). The van der Waals surface area contributed by atoms with Gasteiger partial charge in [0, 0.05) is 31.1 Å². The smallest absolute Gasteiger partial charge is 0.252 e. The van der Waals surface area contributed by atoms with Gasteiger partial charge in [0.15, 0.2) is 0 Å². The minimum absolute atomic E-state index is 0.167. The molecule has 0 bridgehead atoms. The van der Waals surface area contributed by atoms with Crippen LogP contribution in [0.3, 0.4) is 0 Å². The summed E-state index contributed by atoms with van der Waals surface area (Å²) in [4.78, 5) is 15.6. The summed E-state index contributed by atoms with van der Waals surface area (Å²) in [6.07, 6.45) is 6.52. The van der Waals surface area contributed by atoms with Crippen molar-refractivity contribution >= 4 is 27.5 Å². The molecule has 8 heteroatoms. The molecule has 0 N–H and O–H groups in total. The van der Waals surface area contributed by atoms with Crippen LogP contribution in [0, 0.1) is 0 Å². The van der Waals surface area contributed by atoms with Crippen molar-refractivity contribution < 1.29 is 17.9 Å². The van der Waals surface area contributed by atoms with Crippen LogP contribution in [0.4, 0.5) is 0 Å². The van der Waals surface area contributed by atoms with Crippen LogP contribution in [0.15, 0.2) is 61.2 Å². The fourth-order valence-electron chi connectivity index (χ4n) is 4.56. The van der Waals surface area contributed by atoms with Gasteiger partial charge in [-0.05, 0) is 49.5 Å². The summed E-state index contributed by atoms with van der Waals surface area (Å²) < 4.78 is 33.5. The largest absolute Gasteiger partial charge is 0.358 e. The second kappa shape index (κ2) is 11.2. The molecular formula is C26H35ClN2O4S. The molecule has 34 heavy (non-hydrogen) atoms. The maximum Gasteiger partial charge on any atom is 0.252 e. The van der Waals surface area contributed by atoms with Gasteiger partial charge in [-0.15, -0.1) is 6.58 Å². The van der Waals surface area contributed by atoms with Crippen LogP contribution in [0.1, 0.15) is 51.1 Å². The summed E-state index contributed by atoms with van der Waals surface area (Å²) in [7, 11) is -1.77. The maximum absolute atomic E-state index is 13.8. The van der Waals surface area contributed by atoms with Gasteiger partial charge in [0.25, 0.3) is 5.91 Å². The average molecular weight is 507 g/mol. The maximum atomic E-state index is 13.8. The lowest BCUT2D eigenvalue weighted by Crippen LogP contribution is -2.59. The quantitative estimate of drug-likeness (QED) is 0.316. The number of ether oxygens (including phenoxy) is 1. The summed E-state index contributed by atoms with van der Waals surface area (Å²) in [5, 5.41) is 0.288. The molecule has 0 spiro atoms. The minimum Gasteiger partial charge on any atom is -0.358 e. The van der Waals surface area contributed by atoms with Gasteiger partial charge in [-0.25, -0.2) is 12.7 Å². The summed E-state index contributed by atoms with van der Waals surface area (Å²) in [6, 6.07) is 6.57. The number of carbonyl (C=O) groups is 1. The highest BCUT2D eigenvalue weighted by Gasteiger charge is 2.47. The molecule has 1 aromatic rings. The standard InChI is InChI=1S/C26H35ClN2O4S/c1-6-10-23-26(30)29(21(9-4)17-28(5)34(31,32)22-15-16-22)24(19-11-13-20(27)14-12-19)25(33-23)18(7-2)8-3/h6-8,11-14,21-25H,1-2,9-10,15-17H2,3-5H3/b18-8+/t21-,23-,24+,25+/m0/s1. The van der Waals surface area contributed by atoms with E-state index in [9.17, 15) is 13.2 Å². The summed E-state index contributed by atoms with van der Waals surface area (Å²) in [5.41, 5.74) is 1.73. The predicted octanol–water partition coefficient (Wildman–Crippen LogP) is 4.89. The van der Waals surface area contributed by atoms with E-state index in [1.807, 2.05) is 37.0 Å². The molecule has 4 atom stereocenters. The van der Waals surface area contributed by atoms with Crippen molar-refractivity contribution in [2.24, 2.45) is 0 Å². The molecule has 1 saturated heterocycles. The third-order valence-corrected chi connectivity index (χ3v) is 9.21. The minimum atomic E-state index is -3.37. The van der Waals surface area contributed by atoms with E-state index in [0.717, 1.165) is 11.1 Å². The first kappa shape index (κ1) is 26.7. The van der Waals surface area contributed by atoms with Gasteiger partial charge in [0.2, 0.25) is 10.0 Å². The number of sulfonamides is 1. The van der Waals surface area contributed by atoms with Crippen molar-refractivity contribution in [3.05, 3.63) is 71.8 Å². The lowest BCUT2D eigenvalue weighted by Gasteiger charge is -2.48. The van der Waals surface area contributed by atoms with Crippen molar-refractivity contribution in [3.8, 4) is 0 Å². The number of likely N-dealkylation sites (N-methyl/N-ethyl adjacent to an activating group) is 1. The number of carbonyl (C=O) groups excluding carboxylic acids is 1. The van der Waals surface area contributed by atoms with Crippen molar-refractivity contribution in [1.82, 2.24) is 9.21 Å². The van der Waals surface area contributed by atoms with Crippen LogP contribution in [0.2, 0.25) is 5.02 Å². The fourth-order valence-corrected chi connectivity index (χ4v) is 6.31. The van der Waals surface area contributed by atoms with E-state index in [1.165, 1.54) is 4.31 Å². The number of hydrogen-bond acceptors (Lipinski definition) is 4. The van der Waals surface area contributed by atoms with Gasteiger partial charge in [-0.3, -0.25) is 4.79 Å². The number of allylic oxidation sites excluding steroid dienone is 1. The Kier molecular flexibility index (Phi) is 8.79. The molecular weight excluding hydrogens is 472 g/mol. The van der Waals surface area contributed by atoms with E-state index < -0.39 is 28.3 Å². The zero-order valence-electron chi connectivity index (χ0n) is 20.2. The topological polar surface area (TPSA) is 66.9 Å². The van der Waals surface area contributed by atoms with Gasteiger partial charge in [0.1, 0.15) is 12.2 Å². The molecule has 2 aliphatic rings. The number of nitrogens with zero attached hydrogens (tertiary/aromatic N) is 2. The molecule has 0 unspecified atom stereocenters. The van der Waals surface area contributed by atoms with Crippen LogP contribution in [-0.4, -0.2) is 60.6 Å². The molecule has 186 valence electrons. The third kappa shape index (κ3) is 5.48. The third-order valence-electron chi connectivity index (χ3n) is 6.63. The molecule has 1 heterocycles. The van der Waals surface area contributed by atoms with Crippen molar-refractivity contribution in [2.45, 2.75) is 69.1 Å². The number of amides is 1. The highest BCUT2D eigenvalue weighted by atomic mass is 35.5. The van der Waals surface area contributed by atoms with Gasteiger partial charge in [-0.1, -0.05) is 55.5 Å². The molecule has 2 fully saturated rings. The summed E-state index contributed by atoms with van der Waals surface area (Å²) >= 11 is 6.15. The second-order valence-electron chi connectivity index (χ2n) is 8.89. The number of rotatable bonds is 11. The lowest BCUT2D eigenvalue weighted by atomic mass is 9.89. The zero-order valence-corrected chi connectivity index (χ0v) is 21.8. The first-order valence-electron chi connectivity index (χ1n) is 11.8. The molecule has 1 saturated carbocycles. The van der Waals surface area contributed by atoms with E-state index in [0.29, 0.717) is 30.7 Å². The van der Waals surface area contributed by atoms with Crippen LogP contribution >= 0.6 is 11.6 Å². The van der Waals surface area contributed by atoms with E-state index >= 15 is 0 Å². The molecule has 1 amide bonds. The number of halogens is 1. The highest BCUT2D eigenvalue weighted by molar-refractivity contribution is 7.90. The lowest BCUT2D eigenvalue weighted by molar-refractivity contribution is -0.173. The highest BCUT2D eigenvalue weighted by Crippen LogP contribution is 2.40. The first-order chi connectivity index (χ1) is 16.2. The number of benzene rings is 1. The Hall–Kier alpha value is -1.93. The Labute approximate surface area is 209 Å². The summed E-state index contributed by atoms with van der Waals surface area (Å²) in [6.45, 7) is 11.9. The van der Waals surface area contributed by atoms with Crippen molar-refractivity contribution in [3.63, 3.8) is 0 Å². The molecule has 1 aliphatic carbocycles. The van der Waals surface area contributed by atoms with E-state index in [1.54, 1.807) is 31.3 Å². The van der Waals surface area contributed by atoms with Gasteiger partial charge < -0.3 is 9.64 Å². The molecule has 0 radical (unpaired) electrons. The normalized spacial score (nSPS) is 24.9. The van der Waals surface area contributed by atoms with Crippen LogP contribution in [0.25, 0.3) is 0 Å². The Morgan fingerprint density at radius 1 is 1.29 bits per heavy atom. The van der Waals surface area contributed by atoms with E-state index in [4.69, 9.17) is 16.3 Å². The van der Waals surface area contributed by atoms with Crippen LogP contribution in [0.5, 0.6) is 0 Å². The van der Waals surface area contributed by atoms with E-state index in [-0.39, 0.29) is 23.7 Å². The predicted molar refractivity (Wildman–Crippen MR) is 137 cm³/mol. The van der Waals surface area contributed by atoms with Crippen LogP contribution < -0.4 is 0 Å². The Bertz CT molecular complexity index is 1030. The zero-order chi connectivity index (χ0) is 25.0. The molecule has 0 aromatic heterocycles. The second-order valence-corrected chi connectivity index (χ2v) is 11.6. The fraction of sp³-hybridized carbons (Fsp3) is 0.500. The average Bonchev–Trinajstić information content (AvgIpc) is 3.67. The Morgan fingerprint density at radius 3 is 2.44 bits per heavy atom. The van der Waals surface area contributed by atoms with Gasteiger partial charge in [0.05, 0.1) is 11.3 Å². The van der Waals surface area contributed by atoms with Crippen LogP contribution in [-0.2, 0) is 19.6 Å². The number of morpholine rings is 1. The van der Waals surface area contributed by atoms with Gasteiger partial charge in [-0.2, -0.15) is 0 Å².